The lowest BCUT2D eigenvalue weighted by atomic mass is 10.2. The predicted octanol–water partition coefficient (Wildman–Crippen LogP) is 1.47. The second-order valence-electron chi connectivity index (χ2n) is 2.82. The number of nitrogens with zero attached hydrogens (tertiary/aromatic N) is 2. The third-order valence-corrected chi connectivity index (χ3v) is 1.83. The summed E-state index contributed by atoms with van der Waals surface area (Å²) in [7, 11) is 0. The zero-order valence-electron chi connectivity index (χ0n) is 7.58. The molecule has 0 amide bonds. The van der Waals surface area contributed by atoms with Gasteiger partial charge in [-0.3, -0.25) is 0 Å². The van der Waals surface area contributed by atoms with Crippen LogP contribution in [0.15, 0.2) is 22.7 Å². The highest BCUT2D eigenvalue weighted by atomic mass is 19.1. The minimum Gasteiger partial charge on any atom is -0.334 e. The summed E-state index contributed by atoms with van der Waals surface area (Å²) in [5.74, 6) is -1.50. The third kappa shape index (κ3) is 1.71. The number of hydrogen-bond donors (Lipinski definition) is 1. The van der Waals surface area contributed by atoms with Crippen molar-refractivity contribution in [3.05, 3.63) is 35.7 Å². The van der Waals surface area contributed by atoms with Crippen LogP contribution in [-0.2, 0) is 6.54 Å². The number of rotatable bonds is 2. The zero-order chi connectivity index (χ0) is 10.8. The van der Waals surface area contributed by atoms with Crippen LogP contribution in [0.4, 0.5) is 8.78 Å². The summed E-state index contributed by atoms with van der Waals surface area (Å²) in [4.78, 5) is 3.74. The average Bonchev–Trinajstić information content (AvgIpc) is 2.66. The molecule has 6 heteroatoms. The van der Waals surface area contributed by atoms with Gasteiger partial charge in [-0.2, -0.15) is 4.98 Å². The molecule has 0 unspecified atom stereocenters. The van der Waals surface area contributed by atoms with Crippen molar-refractivity contribution in [3.8, 4) is 11.5 Å². The van der Waals surface area contributed by atoms with Gasteiger partial charge in [-0.05, 0) is 12.1 Å². The summed E-state index contributed by atoms with van der Waals surface area (Å²) in [6, 6.07) is 3.49. The molecule has 2 N–H and O–H groups in total. The number of nitrogens with two attached hydrogens (primary N) is 1. The van der Waals surface area contributed by atoms with Crippen molar-refractivity contribution < 1.29 is 13.3 Å². The molecule has 78 valence electrons. The van der Waals surface area contributed by atoms with Crippen molar-refractivity contribution >= 4 is 0 Å². The molecule has 0 saturated carbocycles. The Bertz CT molecular complexity index is 464. The highest BCUT2D eigenvalue weighted by Crippen LogP contribution is 2.23. The van der Waals surface area contributed by atoms with E-state index in [1.54, 1.807) is 0 Å². The first-order chi connectivity index (χ1) is 7.22. The summed E-state index contributed by atoms with van der Waals surface area (Å²) in [6.07, 6.45) is 0. The summed E-state index contributed by atoms with van der Waals surface area (Å²) in [5.41, 5.74) is 4.92. The van der Waals surface area contributed by atoms with E-state index in [-0.39, 0.29) is 23.8 Å². The molecule has 0 aliphatic rings. The first kappa shape index (κ1) is 9.72. The van der Waals surface area contributed by atoms with Gasteiger partial charge in [0, 0.05) is 0 Å². The molecule has 0 bridgehead atoms. The van der Waals surface area contributed by atoms with Gasteiger partial charge in [0.2, 0.25) is 0 Å². The highest BCUT2D eigenvalue weighted by molar-refractivity contribution is 5.54. The molecule has 0 aliphatic carbocycles. The normalized spacial score (nSPS) is 10.6. The van der Waals surface area contributed by atoms with E-state index in [1.165, 1.54) is 6.07 Å². The van der Waals surface area contributed by atoms with Gasteiger partial charge < -0.3 is 10.3 Å². The Morgan fingerprint density at radius 2 is 1.93 bits per heavy atom. The zero-order valence-corrected chi connectivity index (χ0v) is 7.58. The molecule has 1 aromatic carbocycles. The molecule has 0 radical (unpaired) electrons. The van der Waals surface area contributed by atoms with Gasteiger partial charge in [-0.15, -0.1) is 0 Å². The first-order valence-electron chi connectivity index (χ1n) is 4.19. The van der Waals surface area contributed by atoms with Crippen LogP contribution < -0.4 is 5.73 Å². The smallest absolute Gasteiger partial charge is 0.263 e. The molecule has 0 atom stereocenters. The van der Waals surface area contributed by atoms with Crippen LogP contribution >= 0.6 is 0 Å². The molecule has 1 aromatic heterocycles. The molecule has 0 fully saturated rings. The van der Waals surface area contributed by atoms with Crippen molar-refractivity contribution in [2.24, 2.45) is 5.73 Å². The van der Waals surface area contributed by atoms with E-state index < -0.39 is 11.6 Å². The quantitative estimate of drug-likeness (QED) is 0.816. The van der Waals surface area contributed by atoms with Gasteiger partial charge >= 0.3 is 0 Å². The maximum absolute atomic E-state index is 13.3. The average molecular weight is 211 g/mol. The van der Waals surface area contributed by atoms with E-state index in [1.807, 2.05) is 0 Å². The van der Waals surface area contributed by atoms with Crippen LogP contribution in [0.25, 0.3) is 11.5 Å². The maximum Gasteiger partial charge on any atom is 0.263 e. The van der Waals surface area contributed by atoms with Gasteiger partial charge in [0.25, 0.3) is 5.89 Å². The molecule has 0 saturated heterocycles. The summed E-state index contributed by atoms with van der Waals surface area (Å²) in [5, 5.41) is 3.45. The van der Waals surface area contributed by atoms with E-state index in [0.29, 0.717) is 0 Å². The predicted molar refractivity (Wildman–Crippen MR) is 47.5 cm³/mol. The van der Waals surface area contributed by atoms with Gasteiger partial charge in [-0.1, -0.05) is 11.2 Å². The number of aromatic nitrogens is 2. The molecule has 0 spiro atoms. The summed E-state index contributed by atoms with van der Waals surface area (Å²) < 4.78 is 31.2. The van der Waals surface area contributed by atoms with Crippen molar-refractivity contribution in [1.82, 2.24) is 10.1 Å². The number of halogens is 2. The largest absolute Gasteiger partial charge is 0.334 e. The van der Waals surface area contributed by atoms with Crippen molar-refractivity contribution in [2.75, 3.05) is 0 Å². The third-order valence-electron chi connectivity index (χ3n) is 1.83. The van der Waals surface area contributed by atoms with Crippen LogP contribution in [0.2, 0.25) is 0 Å². The molecule has 1 heterocycles. The molecule has 0 aliphatic heterocycles. The Morgan fingerprint density at radius 3 is 2.47 bits per heavy atom. The van der Waals surface area contributed by atoms with E-state index in [2.05, 4.69) is 14.7 Å². The molecule has 15 heavy (non-hydrogen) atoms. The molecule has 4 nitrogen and oxygen atoms in total. The minimum absolute atomic E-state index is 0.0551. The van der Waals surface area contributed by atoms with Gasteiger partial charge in [0.1, 0.15) is 17.2 Å². The van der Waals surface area contributed by atoms with Crippen molar-refractivity contribution in [3.63, 3.8) is 0 Å². The summed E-state index contributed by atoms with van der Waals surface area (Å²) in [6.45, 7) is 0.0551. The second kappa shape index (κ2) is 3.74. The van der Waals surface area contributed by atoms with Crippen molar-refractivity contribution in [1.29, 1.82) is 0 Å². The fourth-order valence-electron chi connectivity index (χ4n) is 1.14. The Labute approximate surface area is 83.7 Å². The lowest BCUT2D eigenvalue weighted by molar-refractivity contribution is 0.417. The summed E-state index contributed by atoms with van der Waals surface area (Å²) >= 11 is 0. The van der Waals surface area contributed by atoms with Crippen LogP contribution in [0.5, 0.6) is 0 Å². The second-order valence-corrected chi connectivity index (χ2v) is 2.82. The first-order valence-corrected chi connectivity index (χ1v) is 4.19. The standard InChI is InChI=1S/C9H7F2N3O/c10-5-2-1-3-6(11)8(5)9-13-7(4-12)14-15-9/h1-3H,4,12H2. The number of hydrogen-bond acceptors (Lipinski definition) is 4. The fraction of sp³-hybridized carbons (Fsp3) is 0.111. The number of benzene rings is 1. The lowest BCUT2D eigenvalue weighted by Crippen LogP contribution is -1.98. The van der Waals surface area contributed by atoms with Crippen molar-refractivity contribution in [2.45, 2.75) is 6.54 Å². The Kier molecular flexibility index (Phi) is 2.42. The maximum atomic E-state index is 13.3. The molecule has 2 aromatic rings. The van der Waals surface area contributed by atoms with Crippen LogP contribution in [-0.4, -0.2) is 10.1 Å². The Hall–Kier alpha value is -1.82. The lowest BCUT2D eigenvalue weighted by Gasteiger charge is -1.97. The van der Waals surface area contributed by atoms with Gasteiger partial charge in [0.15, 0.2) is 5.82 Å². The van der Waals surface area contributed by atoms with E-state index in [4.69, 9.17) is 5.73 Å². The fourth-order valence-corrected chi connectivity index (χ4v) is 1.14. The van der Waals surface area contributed by atoms with Gasteiger partial charge in [0.05, 0.1) is 6.54 Å². The molecule has 2 rings (SSSR count). The van der Waals surface area contributed by atoms with Crippen LogP contribution in [0.1, 0.15) is 5.82 Å². The topological polar surface area (TPSA) is 64.9 Å². The Balaban J connectivity index is 2.53. The van der Waals surface area contributed by atoms with Crippen LogP contribution in [0.3, 0.4) is 0 Å². The SMILES string of the molecule is NCc1noc(-c2c(F)cccc2F)n1. The molecular formula is C9H7F2N3O. The van der Waals surface area contributed by atoms with E-state index in [9.17, 15) is 8.78 Å². The van der Waals surface area contributed by atoms with E-state index >= 15 is 0 Å². The minimum atomic E-state index is -0.748. The van der Waals surface area contributed by atoms with E-state index in [0.717, 1.165) is 12.1 Å². The van der Waals surface area contributed by atoms with Crippen LogP contribution in [0, 0.1) is 11.6 Å². The molecular weight excluding hydrogens is 204 g/mol. The monoisotopic (exact) mass is 211 g/mol. The Morgan fingerprint density at radius 1 is 1.27 bits per heavy atom. The highest BCUT2D eigenvalue weighted by Gasteiger charge is 2.17. The van der Waals surface area contributed by atoms with Gasteiger partial charge in [-0.25, -0.2) is 8.78 Å².